The highest BCUT2D eigenvalue weighted by Crippen LogP contribution is 2.23. The molecular weight excluding hydrogens is 233 g/mol. The third-order valence-electron chi connectivity index (χ3n) is 1.74. The number of hydrogen-bond acceptors (Lipinski definition) is 1. The minimum Gasteiger partial charge on any atom is -0.327 e. The number of rotatable bonds is 2. The van der Waals surface area contributed by atoms with Gasteiger partial charge in [0, 0.05) is 16.6 Å². The summed E-state index contributed by atoms with van der Waals surface area (Å²) in [5.41, 5.74) is 6.49. The molecule has 1 aromatic carbocycles. The Balaban J connectivity index is 3.17. The summed E-state index contributed by atoms with van der Waals surface area (Å²) >= 11 is 3.28. The van der Waals surface area contributed by atoms with Crippen molar-refractivity contribution >= 4 is 22.0 Å². The third-order valence-corrected chi connectivity index (χ3v) is 2.43. The number of hydrogen-bond donors (Lipinski definition) is 1. The van der Waals surface area contributed by atoms with Gasteiger partial charge in [-0.05, 0) is 18.6 Å². The first-order chi connectivity index (χ1) is 6.16. The van der Waals surface area contributed by atoms with E-state index in [0.717, 1.165) is 4.47 Å². The van der Waals surface area contributed by atoms with Crippen molar-refractivity contribution in [1.29, 1.82) is 0 Å². The van der Waals surface area contributed by atoms with Gasteiger partial charge in [0.2, 0.25) is 0 Å². The molecule has 0 aromatic heterocycles. The molecule has 0 aliphatic heterocycles. The maximum atomic E-state index is 13.5. The van der Waals surface area contributed by atoms with E-state index < -0.39 is 0 Å². The number of nitrogens with two attached hydrogens (primary N) is 1. The smallest absolute Gasteiger partial charge is 0.134 e. The quantitative estimate of drug-likeness (QED) is 0.850. The average Bonchev–Trinajstić information content (AvgIpc) is 2.12. The van der Waals surface area contributed by atoms with Gasteiger partial charge in [0.15, 0.2) is 0 Å². The summed E-state index contributed by atoms with van der Waals surface area (Å²) in [6.07, 6.45) is 3.41. The number of benzene rings is 1. The maximum absolute atomic E-state index is 13.5. The molecule has 0 spiro atoms. The van der Waals surface area contributed by atoms with Crippen molar-refractivity contribution in [2.75, 3.05) is 6.54 Å². The zero-order valence-corrected chi connectivity index (χ0v) is 8.94. The molecule has 13 heavy (non-hydrogen) atoms. The van der Waals surface area contributed by atoms with Crippen LogP contribution in [0.25, 0.3) is 6.08 Å². The van der Waals surface area contributed by atoms with Crippen molar-refractivity contribution in [3.05, 3.63) is 39.6 Å². The summed E-state index contributed by atoms with van der Waals surface area (Å²) in [6, 6.07) is 3.56. The van der Waals surface area contributed by atoms with E-state index in [1.165, 1.54) is 0 Å². The third kappa shape index (κ3) is 2.39. The fourth-order valence-electron chi connectivity index (χ4n) is 1.02. The van der Waals surface area contributed by atoms with E-state index in [-0.39, 0.29) is 5.82 Å². The zero-order chi connectivity index (χ0) is 9.84. The minimum atomic E-state index is -0.195. The molecule has 0 aliphatic rings. The van der Waals surface area contributed by atoms with E-state index in [9.17, 15) is 4.39 Å². The normalized spacial score (nSPS) is 11.1. The van der Waals surface area contributed by atoms with Crippen molar-refractivity contribution in [1.82, 2.24) is 0 Å². The summed E-state index contributed by atoms with van der Waals surface area (Å²) in [5.74, 6) is -0.195. The molecule has 0 unspecified atom stereocenters. The molecule has 0 radical (unpaired) electrons. The van der Waals surface area contributed by atoms with Gasteiger partial charge in [-0.2, -0.15) is 0 Å². The predicted molar refractivity (Wildman–Crippen MR) is 56.9 cm³/mol. The summed E-state index contributed by atoms with van der Waals surface area (Å²) in [7, 11) is 0. The van der Waals surface area contributed by atoms with E-state index in [0.29, 0.717) is 17.7 Å². The van der Waals surface area contributed by atoms with Crippen LogP contribution in [0.15, 0.2) is 22.7 Å². The molecular formula is C10H11BrFN. The summed E-state index contributed by atoms with van der Waals surface area (Å²) in [6.45, 7) is 2.15. The highest BCUT2D eigenvalue weighted by molar-refractivity contribution is 9.10. The second kappa shape index (κ2) is 4.53. The van der Waals surface area contributed by atoms with E-state index >= 15 is 0 Å². The Morgan fingerprint density at radius 3 is 2.85 bits per heavy atom. The fourth-order valence-corrected chi connectivity index (χ4v) is 1.46. The monoisotopic (exact) mass is 243 g/mol. The Bertz CT molecular complexity index is 334. The molecule has 0 bridgehead atoms. The summed E-state index contributed by atoms with van der Waals surface area (Å²) < 4.78 is 14.2. The van der Waals surface area contributed by atoms with Crippen LogP contribution in [0.2, 0.25) is 0 Å². The molecule has 1 rings (SSSR count). The van der Waals surface area contributed by atoms with Crippen LogP contribution in [-0.4, -0.2) is 6.54 Å². The maximum Gasteiger partial charge on any atom is 0.134 e. The van der Waals surface area contributed by atoms with Crippen LogP contribution in [0.5, 0.6) is 0 Å². The Kier molecular flexibility index (Phi) is 3.63. The van der Waals surface area contributed by atoms with Crippen LogP contribution in [0.3, 0.4) is 0 Å². The van der Waals surface area contributed by atoms with Crippen LogP contribution >= 0.6 is 15.9 Å². The van der Waals surface area contributed by atoms with Gasteiger partial charge in [0.25, 0.3) is 0 Å². The lowest BCUT2D eigenvalue weighted by Gasteiger charge is -2.03. The molecule has 0 atom stereocenters. The van der Waals surface area contributed by atoms with Gasteiger partial charge < -0.3 is 5.73 Å². The van der Waals surface area contributed by atoms with Gasteiger partial charge in [-0.15, -0.1) is 0 Å². The summed E-state index contributed by atoms with van der Waals surface area (Å²) in [5, 5.41) is 0. The SMILES string of the molecule is Cc1ccc(Br)c(/C=C/CN)c1F. The summed E-state index contributed by atoms with van der Waals surface area (Å²) in [4.78, 5) is 0. The Morgan fingerprint density at radius 2 is 2.23 bits per heavy atom. The molecule has 0 saturated heterocycles. The van der Waals surface area contributed by atoms with Crippen molar-refractivity contribution in [3.8, 4) is 0 Å². The number of halogens is 2. The Labute approximate surface area is 85.6 Å². The molecule has 3 heteroatoms. The van der Waals surface area contributed by atoms with Gasteiger partial charge in [0.05, 0.1) is 0 Å². The lowest BCUT2D eigenvalue weighted by atomic mass is 10.1. The molecule has 0 heterocycles. The molecule has 0 fully saturated rings. The van der Waals surface area contributed by atoms with E-state index in [1.807, 2.05) is 6.07 Å². The van der Waals surface area contributed by atoms with E-state index in [2.05, 4.69) is 15.9 Å². The molecule has 1 aromatic rings. The highest BCUT2D eigenvalue weighted by atomic mass is 79.9. The molecule has 2 N–H and O–H groups in total. The van der Waals surface area contributed by atoms with Crippen molar-refractivity contribution in [2.24, 2.45) is 5.73 Å². The van der Waals surface area contributed by atoms with Gasteiger partial charge in [-0.1, -0.05) is 34.1 Å². The largest absolute Gasteiger partial charge is 0.327 e. The second-order valence-corrected chi connectivity index (χ2v) is 3.58. The van der Waals surface area contributed by atoms with Crippen molar-refractivity contribution < 1.29 is 4.39 Å². The highest BCUT2D eigenvalue weighted by Gasteiger charge is 2.05. The van der Waals surface area contributed by atoms with Crippen molar-refractivity contribution in [2.45, 2.75) is 6.92 Å². The lowest BCUT2D eigenvalue weighted by molar-refractivity contribution is 0.615. The van der Waals surface area contributed by atoms with Crippen LogP contribution in [0.1, 0.15) is 11.1 Å². The average molecular weight is 244 g/mol. The Hall–Kier alpha value is -0.670. The molecule has 0 amide bonds. The predicted octanol–water partition coefficient (Wildman–Crippen LogP) is 2.87. The van der Waals surface area contributed by atoms with E-state index in [4.69, 9.17) is 5.73 Å². The van der Waals surface area contributed by atoms with E-state index in [1.54, 1.807) is 25.1 Å². The fraction of sp³-hybridized carbons (Fsp3) is 0.200. The Morgan fingerprint density at radius 1 is 1.54 bits per heavy atom. The van der Waals surface area contributed by atoms with Crippen molar-refractivity contribution in [3.63, 3.8) is 0 Å². The second-order valence-electron chi connectivity index (χ2n) is 2.73. The van der Waals surface area contributed by atoms with Gasteiger partial charge in [-0.25, -0.2) is 4.39 Å². The number of aryl methyl sites for hydroxylation is 1. The standard InChI is InChI=1S/C10H11BrFN/c1-7-4-5-9(11)8(10(7)12)3-2-6-13/h2-5H,6,13H2,1H3/b3-2+. The molecule has 1 nitrogen and oxygen atoms in total. The van der Waals surface area contributed by atoms with Gasteiger partial charge in [0.1, 0.15) is 5.82 Å². The lowest BCUT2D eigenvalue weighted by Crippen LogP contribution is -1.94. The van der Waals surface area contributed by atoms with Crippen LogP contribution in [0.4, 0.5) is 4.39 Å². The van der Waals surface area contributed by atoms with Crippen LogP contribution in [-0.2, 0) is 0 Å². The van der Waals surface area contributed by atoms with Crippen LogP contribution < -0.4 is 5.73 Å². The first kappa shape index (κ1) is 10.4. The molecule has 0 aliphatic carbocycles. The molecule has 70 valence electrons. The zero-order valence-electron chi connectivity index (χ0n) is 7.35. The van der Waals surface area contributed by atoms with Crippen LogP contribution in [0, 0.1) is 12.7 Å². The molecule has 0 saturated carbocycles. The minimum absolute atomic E-state index is 0.195. The topological polar surface area (TPSA) is 26.0 Å². The van der Waals surface area contributed by atoms with Gasteiger partial charge >= 0.3 is 0 Å². The first-order valence-corrected chi connectivity index (χ1v) is 4.77. The first-order valence-electron chi connectivity index (χ1n) is 3.98. The van der Waals surface area contributed by atoms with Gasteiger partial charge in [-0.3, -0.25) is 0 Å².